The van der Waals surface area contributed by atoms with E-state index in [4.69, 9.17) is 4.74 Å². The fourth-order valence-electron chi connectivity index (χ4n) is 3.72. The molecule has 0 aliphatic carbocycles. The molecule has 0 radical (unpaired) electrons. The number of methoxy groups -OCH3 is 1. The van der Waals surface area contributed by atoms with Crippen LogP contribution in [0.1, 0.15) is 25.8 Å². The van der Waals surface area contributed by atoms with Crippen LogP contribution in [0.15, 0.2) is 24.5 Å². The minimum atomic E-state index is 0.186. The van der Waals surface area contributed by atoms with E-state index in [-0.39, 0.29) is 5.41 Å². The second-order valence-corrected chi connectivity index (χ2v) is 7.39. The number of hydrogen-bond donors (Lipinski definition) is 1. The molecule has 1 N–H and O–H groups in total. The van der Waals surface area contributed by atoms with E-state index in [1.54, 1.807) is 19.5 Å². The summed E-state index contributed by atoms with van der Waals surface area (Å²) >= 11 is 0. The highest BCUT2D eigenvalue weighted by atomic mass is 16.5. The third kappa shape index (κ3) is 3.89. The van der Waals surface area contributed by atoms with Gasteiger partial charge in [-0.05, 0) is 24.0 Å². The third-order valence-corrected chi connectivity index (χ3v) is 4.66. The molecular formula is C19H25N5O. The molecule has 0 spiro atoms. The quantitative estimate of drug-likeness (QED) is 0.843. The summed E-state index contributed by atoms with van der Waals surface area (Å²) in [6.07, 6.45) is 4.45. The third-order valence-electron chi connectivity index (χ3n) is 4.66. The van der Waals surface area contributed by atoms with Gasteiger partial charge in [0.05, 0.1) is 17.9 Å². The van der Waals surface area contributed by atoms with Crippen molar-refractivity contribution >= 4 is 16.7 Å². The van der Waals surface area contributed by atoms with Crippen molar-refractivity contribution in [2.45, 2.75) is 26.3 Å². The molecule has 1 aromatic carbocycles. The number of fused-ring (bicyclic) bond motifs is 1. The number of benzene rings is 1. The van der Waals surface area contributed by atoms with Gasteiger partial charge >= 0.3 is 0 Å². The Hall–Kier alpha value is -2.23. The molecule has 25 heavy (non-hydrogen) atoms. The largest absolute Gasteiger partial charge is 0.383 e. The molecule has 3 rings (SSSR count). The molecule has 0 bridgehead atoms. The fraction of sp³-hybridized carbons (Fsp3) is 0.526. The molecule has 1 aromatic heterocycles. The number of piperidine rings is 1. The predicted molar refractivity (Wildman–Crippen MR) is 98.5 cm³/mol. The van der Waals surface area contributed by atoms with E-state index in [1.165, 1.54) is 0 Å². The van der Waals surface area contributed by atoms with Crippen molar-refractivity contribution in [1.82, 2.24) is 15.3 Å². The van der Waals surface area contributed by atoms with Gasteiger partial charge < -0.3 is 15.0 Å². The predicted octanol–water partition coefficient (Wildman–Crippen LogP) is 2.34. The molecule has 1 atom stereocenters. The number of rotatable bonds is 5. The zero-order valence-corrected chi connectivity index (χ0v) is 15.1. The summed E-state index contributed by atoms with van der Waals surface area (Å²) in [4.78, 5) is 11.3. The van der Waals surface area contributed by atoms with Gasteiger partial charge in [0.1, 0.15) is 17.1 Å². The summed E-state index contributed by atoms with van der Waals surface area (Å²) in [5.74, 6) is 0. The van der Waals surface area contributed by atoms with Gasteiger partial charge in [0.25, 0.3) is 0 Å². The Morgan fingerprint density at radius 2 is 2.08 bits per heavy atom. The lowest BCUT2D eigenvalue weighted by atomic mass is 9.81. The summed E-state index contributed by atoms with van der Waals surface area (Å²) in [7, 11) is 1.72. The second kappa shape index (κ2) is 7.34. The van der Waals surface area contributed by atoms with E-state index in [2.05, 4.69) is 40.1 Å². The average molecular weight is 339 g/mol. The molecule has 0 saturated carbocycles. The number of nitrogens with one attached hydrogen (secondary N) is 1. The summed E-state index contributed by atoms with van der Waals surface area (Å²) in [6, 6.07) is 6.45. The molecular weight excluding hydrogens is 314 g/mol. The zero-order valence-electron chi connectivity index (χ0n) is 15.1. The van der Waals surface area contributed by atoms with Gasteiger partial charge in [-0.3, -0.25) is 9.97 Å². The van der Waals surface area contributed by atoms with Gasteiger partial charge in [-0.15, -0.1) is 0 Å². The van der Waals surface area contributed by atoms with Crippen LogP contribution in [0.3, 0.4) is 0 Å². The number of nitrogens with zero attached hydrogens (tertiary/aromatic N) is 4. The molecule has 6 heteroatoms. The molecule has 1 aliphatic heterocycles. The van der Waals surface area contributed by atoms with Crippen molar-refractivity contribution in [3.8, 4) is 6.07 Å². The Balaban J connectivity index is 1.92. The summed E-state index contributed by atoms with van der Waals surface area (Å²) in [5, 5.41) is 12.9. The van der Waals surface area contributed by atoms with E-state index in [0.29, 0.717) is 23.7 Å². The highest BCUT2D eigenvalue weighted by Gasteiger charge is 2.33. The zero-order chi connectivity index (χ0) is 17.9. The van der Waals surface area contributed by atoms with Gasteiger partial charge in [-0.1, -0.05) is 13.8 Å². The molecule has 2 heterocycles. The molecule has 1 saturated heterocycles. The SMILES string of the molecule is COCCN[C@H]1CN(c2ccc(C#N)c3nccnc23)CC(C)(C)C1. The van der Waals surface area contributed by atoms with Crippen molar-refractivity contribution in [1.29, 1.82) is 5.26 Å². The molecule has 0 unspecified atom stereocenters. The minimum absolute atomic E-state index is 0.186. The maximum Gasteiger partial charge on any atom is 0.113 e. The van der Waals surface area contributed by atoms with E-state index in [1.807, 2.05) is 12.1 Å². The number of ether oxygens (including phenoxy) is 1. The molecule has 0 amide bonds. The number of aromatic nitrogens is 2. The van der Waals surface area contributed by atoms with E-state index >= 15 is 0 Å². The Labute approximate surface area is 148 Å². The van der Waals surface area contributed by atoms with Gasteiger partial charge in [0.15, 0.2) is 0 Å². The van der Waals surface area contributed by atoms with Crippen molar-refractivity contribution in [3.05, 3.63) is 30.1 Å². The van der Waals surface area contributed by atoms with Crippen LogP contribution < -0.4 is 10.2 Å². The summed E-state index contributed by atoms with van der Waals surface area (Å²) < 4.78 is 5.15. The van der Waals surface area contributed by atoms with Gasteiger partial charge in [-0.2, -0.15) is 5.26 Å². The van der Waals surface area contributed by atoms with E-state index < -0.39 is 0 Å². The van der Waals surface area contributed by atoms with Gasteiger partial charge in [-0.25, -0.2) is 0 Å². The molecule has 1 fully saturated rings. The fourth-order valence-corrected chi connectivity index (χ4v) is 3.72. The van der Waals surface area contributed by atoms with Crippen LogP contribution in [0.2, 0.25) is 0 Å². The van der Waals surface area contributed by atoms with Crippen molar-refractivity contribution < 1.29 is 4.74 Å². The van der Waals surface area contributed by atoms with Crippen molar-refractivity contribution in [3.63, 3.8) is 0 Å². The first-order chi connectivity index (χ1) is 12.0. The smallest absolute Gasteiger partial charge is 0.113 e. The Morgan fingerprint density at radius 3 is 2.80 bits per heavy atom. The summed E-state index contributed by atoms with van der Waals surface area (Å²) in [6.45, 7) is 8.00. The van der Waals surface area contributed by atoms with Crippen molar-refractivity contribution in [2.75, 3.05) is 38.3 Å². The minimum Gasteiger partial charge on any atom is -0.383 e. The Bertz CT molecular complexity index is 783. The number of nitriles is 1. The van der Waals surface area contributed by atoms with Gasteiger partial charge in [0.2, 0.25) is 0 Å². The lowest BCUT2D eigenvalue weighted by Gasteiger charge is -2.44. The topological polar surface area (TPSA) is 74.1 Å². The van der Waals surface area contributed by atoms with Crippen LogP contribution in [-0.2, 0) is 4.74 Å². The first kappa shape index (κ1) is 17.6. The normalized spacial score (nSPS) is 19.8. The number of hydrogen-bond acceptors (Lipinski definition) is 6. The van der Waals surface area contributed by atoms with E-state index in [0.717, 1.165) is 37.3 Å². The van der Waals surface area contributed by atoms with E-state index in [9.17, 15) is 5.26 Å². The highest BCUT2D eigenvalue weighted by molar-refractivity contribution is 5.92. The lowest BCUT2D eigenvalue weighted by Crippen LogP contribution is -2.53. The first-order valence-electron chi connectivity index (χ1n) is 8.65. The number of anilines is 1. The maximum atomic E-state index is 9.33. The van der Waals surface area contributed by atoms with Crippen LogP contribution in [0.4, 0.5) is 5.69 Å². The first-order valence-corrected chi connectivity index (χ1v) is 8.65. The standard InChI is InChI=1S/C19H25N5O/c1-19(2)10-15(21-8-9-25-3)12-24(13-19)16-5-4-14(11-20)17-18(16)23-7-6-22-17/h4-7,15,21H,8-10,12-13H2,1-3H3/t15-/m1/s1. The Kier molecular flexibility index (Phi) is 5.16. The Morgan fingerprint density at radius 1 is 1.32 bits per heavy atom. The lowest BCUT2D eigenvalue weighted by molar-refractivity contribution is 0.183. The van der Waals surface area contributed by atoms with Gasteiger partial charge in [0, 0.05) is 45.2 Å². The molecule has 1 aliphatic rings. The summed E-state index contributed by atoms with van der Waals surface area (Å²) in [5.41, 5.74) is 3.28. The van der Waals surface area contributed by atoms with Crippen LogP contribution >= 0.6 is 0 Å². The van der Waals surface area contributed by atoms with Crippen LogP contribution in [0.25, 0.3) is 11.0 Å². The average Bonchev–Trinajstić information content (AvgIpc) is 2.59. The van der Waals surface area contributed by atoms with Crippen LogP contribution in [0, 0.1) is 16.7 Å². The molecule has 2 aromatic rings. The van der Waals surface area contributed by atoms with Crippen LogP contribution in [-0.4, -0.2) is 49.4 Å². The highest BCUT2D eigenvalue weighted by Crippen LogP contribution is 2.34. The van der Waals surface area contributed by atoms with Crippen molar-refractivity contribution in [2.24, 2.45) is 5.41 Å². The maximum absolute atomic E-state index is 9.33. The molecule has 6 nitrogen and oxygen atoms in total. The monoisotopic (exact) mass is 339 g/mol. The molecule has 132 valence electrons. The second-order valence-electron chi connectivity index (χ2n) is 7.39. The van der Waals surface area contributed by atoms with Crippen LogP contribution in [0.5, 0.6) is 0 Å².